The van der Waals surface area contributed by atoms with Crippen molar-refractivity contribution in [3.63, 3.8) is 0 Å². The summed E-state index contributed by atoms with van der Waals surface area (Å²) >= 11 is 0. The summed E-state index contributed by atoms with van der Waals surface area (Å²) in [5.41, 5.74) is 3.03. The Balaban J connectivity index is 1.73. The molecule has 4 rings (SSSR count). The first-order valence-corrected chi connectivity index (χ1v) is 7.12. The third-order valence-corrected chi connectivity index (χ3v) is 4.88. The number of carbonyl (C=O) groups excluding carboxylic acids is 1. The van der Waals surface area contributed by atoms with Crippen molar-refractivity contribution in [3.8, 4) is 0 Å². The van der Waals surface area contributed by atoms with Gasteiger partial charge < -0.3 is 4.74 Å². The Bertz CT molecular complexity index is 475. The number of carbonyl (C=O) groups is 1. The van der Waals surface area contributed by atoms with Crippen molar-refractivity contribution in [2.75, 3.05) is 0 Å². The van der Waals surface area contributed by atoms with E-state index in [9.17, 15) is 4.79 Å². The van der Waals surface area contributed by atoms with Crippen molar-refractivity contribution in [1.29, 1.82) is 0 Å². The molecule has 1 saturated heterocycles. The number of hydrogen-bond acceptors (Lipinski definition) is 2. The van der Waals surface area contributed by atoms with E-state index in [0.717, 1.165) is 0 Å². The molecule has 2 aliphatic carbocycles. The van der Waals surface area contributed by atoms with Gasteiger partial charge in [-0.2, -0.15) is 0 Å². The van der Waals surface area contributed by atoms with Gasteiger partial charge in [-0.1, -0.05) is 30.2 Å². The highest BCUT2D eigenvalue weighted by molar-refractivity contribution is 5.95. The highest BCUT2D eigenvalue weighted by atomic mass is 16.5. The molecule has 4 atom stereocenters. The summed E-state index contributed by atoms with van der Waals surface area (Å²) in [7, 11) is 0. The average Bonchev–Trinajstić information content (AvgIpc) is 2.95. The van der Waals surface area contributed by atoms with E-state index < -0.39 is 0 Å². The number of rotatable bonds is 0. The summed E-state index contributed by atoms with van der Waals surface area (Å²) in [5.74, 6) is 0.879. The SMILES string of the molecule is O=C1C=C[C@@H]2O[C@H]1C1C(=C3CCCCC3)C=CC12. The molecule has 0 amide bonds. The van der Waals surface area contributed by atoms with Crippen LogP contribution in [0.2, 0.25) is 0 Å². The molecule has 0 aromatic rings. The summed E-state index contributed by atoms with van der Waals surface area (Å²) < 4.78 is 5.88. The summed E-state index contributed by atoms with van der Waals surface area (Å²) in [6.07, 6.45) is 14.6. The van der Waals surface area contributed by atoms with Crippen LogP contribution in [-0.4, -0.2) is 18.0 Å². The van der Waals surface area contributed by atoms with Gasteiger partial charge in [0.2, 0.25) is 0 Å². The van der Waals surface area contributed by atoms with Crippen molar-refractivity contribution in [2.45, 2.75) is 44.3 Å². The van der Waals surface area contributed by atoms with Crippen LogP contribution in [0.15, 0.2) is 35.5 Å². The van der Waals surface area contributed by atoms with Crippen molar-refractivity contribution in [3.05, 3.63) is 35.5 Å². The minimum absolute atomic E-state index is 0.135. The van der Waals surface area contributed by atoms with Gasteiger partial charge in [0.1, 0.15) is 6.10 Å². The number of ketones is 1. The number of hydrogen-bond donors (Lipinski definition) is 0. The van der Waals surface area contributed by atoms with Crippen molar-refractivity contribution >= 4 is 5.78 Å². The Kier molecular flexibility index (Phi) is 2.34. The van der Waals surface area contributed by atoms with E-state index in [-0.39, 0.29) is 18.0 Å². The van der Waals surface area contributed by atoms with Gasteiger partial charge in [-0.3, -0.25) is 4.79 Å². The molecule has 94 valence electrons. The maximum absolute atomic E-state index is 12.0. The maximum atomic E-state index is 12.0. The van der Waals surface area contributed by atoms with E-state index in [1.807, 2.05) is 6.08 Å². The highest BCUT2D eigenvalue weighted by Gasteiger charge is 2.50. The molecule has 0 N–H and O–H groups in total. The van der Waals surface area contributed by atoms with E-state index >= 15 is 0 Å². The quantitative estimate of drug-likeness (QED) is 0.653. The summed E-state index contributed by atoms with van der Waals surface area (Å²) in [5, 5.41) is 0. The minimum Gasteiger partial charge on any atom is -0.361 e. The third-order valence-electron chi connectivity index (χ3n) is 4.88. The fourth-order valence-electron chi connectivity index (χ4n) is 4.00. The topological polar surface area (TPSA) is 26.3 Å². The predicted octanol–water partition coefficient (Wildman–Crippen LogP) is 2.96. The summed E-state index contributed by atoms with van der Waals surface area (Å²) in [6.45, 7) is 0. The van der Waals surface area contributed by atoms with E-state index in [4.69, 9.17) is 4.74 Å². The fourth-order valence-corrected chi connectivity index (χ4v) is 4.00. The van der Waals surface area contributed by atoms with Gasteiger partial charge in [-0.15, -0.1) is 0 Å². The lowest BCUT2D eigenvalue weighted by atomic mass is 9.81. The lowest BCUT2D eigenvalue weighted by molar-refractivity contribution is -0.126. The van der Waals surface area contributed by atoms with Crippen LogP contribution in [0.25, 0.3) is 0 Å². The largest absolute Gasteiger partial charge is 0.361 e. The molecule has 0 spiro atoms. The molecule has 1 saturated carbocycles. The normalized spacial score (nSPS) is 41.7. The molecule has 18 heavy (non-hydrogen) atoms. The Hall–Kier alpha value is -1.15. The Morgan fingerprint density at radius 3 is 2.72 bits per heavy atom. The smallest absolute Gasteiger partial charge is 0.184 e. The van der Waals surface area contributed by atoms with Crippen LogP contribution < -0.4 is 0 Å². The molecule has 4 aliphatic rings. The van der Waals surface area contributed by atoms with Crippen molar-refractivity contribution < 1.29 is 9.53 Å². The van der Waals surface area contributed by atoms with Crippen LogP contribution in [-0.2, 0) is 9.53 Å². The van der Waals surface area contributed by atoms with Gasteiger partial charge >= 0.3 is 0 Å². The number of fused-ring (bicyclic) bond motifs is 5. The van der Waals surface area contributed by atoms with E-state index in [0.29, 0.717) is 11.8 Å². The van der Waals surface area contributed by atoms with Crippen LogP contribution in [0.4, 0.5) is 0 Å². The van der Waals surface area contributed by atoms with Crippen molar-refractivity contribution in [1.82, 2.24) is 0 Å². The minimum atomic E-state index is -0.204. The van der Waals surface area contributed by atoms with Crippen LogP contribution in [0.3, 0.4) is 0 Å². The van der Waals surface area contributed by atoms with E-state index in [1.165, 1.54) is 37.7 Å². The fraction of sp³-hybridized carbons (Fsp3) is 0.562. The van der Waals surface area contributed by atoms with Gasteiger partial charge in [-0.25, -0.2) is 0 Å². The predicted molar refractivity (Wildman–Crippen MR) is 69.0 cm³/mol. The first kappa shape index (κ1) is 10.7. The van der Waals surface area contributed by atoms with Crippen molar-refractivity contribution in [2.24, 2.45) is 11.8 Å². The summed E-state index contributed by atoms with van der Waals surface area (Å²) in [6, 6.07) is 0. The zero-order valence-corrected chi connectivity index (χ0v) is 10.5. The molecule has 0 aromatic carbocycles. The summed E-state index contributed by atoms with van der Waals surface area (Å²) in [4.78, 5) is 12.0. The van der Waals surface area contributed by atoms with Gasteiger partial charge in [-0.05, 0) is 37.3 Å². The van der Waals surface area contributed by atoms with E-state index in [2.05, 4.69) is 12.2 Å². The standard InChI is InChI=1S/C16H18O2/c17-13-8-9-14-12-7-6-11(15(12)16(13)18-14)10-4-2-1-3-5-10/h6-9,12,14-16H,1-5H2/t12?,14-,15?,16+/m0/s1. The third kappa shape index (κ3) is 1.42. The molecule has 0 radical (unpaired) electrons. The molecule has 2 nitrogen and oxygen atoms in total. The Labute approximate surface area is 107 Å². The monoisotopic (exact) mass is 242 g/mol. The van der Waals surface area contributed by atoms with Crippen LogP contribution >= 0.6 is 0 Å². The average molecular weight is 242 g/mol. The zero-order valence-electron chi connectivity index (χ0n) is 10.5. The number of allylic oxidation sites excluding steroid dienone is 2. The van der Waals surface area contributed by atoms with Gasteiger partial charge in [0.15, 0.2) is 5.78 Å². The second-order valence-corrected chi connectivity index (χ2v) is 5.86. The number of ether oxygens (including phenoxy) is 1. The molecule has 2 heterocycles. The molecular formula is C16H18O2. The zero-order chi connectivity index (χ0) is 12.1. The van der Waals surface area contributed by atoms with E-state index in [1.54, 1.807) is 11.6 Å². The Morgan fingerprint density at radius 2 is 1.89 bits per heavy atom. The molecule has 2 bridgehead atoms. The lowest BCUT2D eigenvalue weighted by Crippen LogP contribution is -2.28. The van der Waals surface area contributed by atoms with Crippen LogP contribution in [0, 0.1) is 11.8 Å². The maximum Gasteiger partial charge on any atom is 0.184 e. The molecule has 2 heteroatoms. The first-order chi connectivity index (χ1) is 8.84. The van der Waals surface area contributed by atoms with Crippen LogP contribution in [0.1, 0.15) is 32.1 Å². The molecule has 2 unspecified atom stereocenters. The second-order valence-electron chi connectivity index (χ2n) is 5.86. The second kappa shape index (κ2) is 3.92. The molecule has 2 fully saturated rings. The van der Waals surface area contributed by atoms with Gasteiger partial charge in [0, 0.05) is 11.8 Å². The molecular weight excluding hydrogens is 224 g/mol. The van der Waals surface area contributed by atoms with Gasteiger partial charge in [0.05, 0.1) is 6.10 Å². The van der Waals surface area contributed by atoms with Gasteiger partial charge in [0.25, 0.3) is 0 Å². The molecule has 0 aromatic heterocycles. The highest BCUT2D eigenvalue weighted by Crippen LogP contribution is 2.48. The Morgan fingerprint density at radius 1 is 1.06 bits per heavy atom. The lowest BCUT2D eigenvalue weighted by Gasteiger charge is -2.22. The first-order valence-electron chi connectivity index (χ1n) is 7.12. The molecule has 2 aliphatic heterocycles. The van der Waals surface area contributed by atoms with Crippen LogP contribution in [0.5, 0.6) is 0 Å².